The van der Waals surface area contributed by atoms with Gasteiger partial charge in [-0.3, -0.25) is 9.59 Å². The van der Waals surface area contributed by atoms with Gasteiger partial charge in [-0.15, -0.1) is 0 Å². The molecule has 0 saturated heterocycles. The minimum atomic E-state index is -0.889. The first-order valence-electron chi connectivity index (χ1n) is 6.41. The van der Waals surface area contributed by atoms with Gasteiger partial charge in [0, 0.05) is 25.8 Å². The van der Waals surface area contributed by atoms with Crippen molar-refractivity contribution in [2.24, 2.45) is 0 Å². The maximum Gasteiger partial charge on any atom is 0.407 e. The van der Waals surface area contributed by atoms with Crippen LogP contribution in [0.25, 0.3) is 0 Å². The van der Waals surface area contributed by atoms with Crippen LogP contribution in [0.1, 0.15) is 52.9 Å². The molecule has 0 bridgehead atoms. The number of ketones is 1. The zero-order valence-corrected chi connectivity index (χ0v) is 11.8. The van der Waals surface area contributed by atoms with E-state index in [0.717, 1.165) is 0 Å². The van der Waals surface area contributed by atoms with Crippen molar-refractivity contribution in [1.82, 2.24) is 5.32 Å². The van der Waals surface area contributed by atoms with Crippen molar-refractivity contribution >= 4 is 17.8 Å². The molecule has 0 spiro atoms. The van der Waals surface area contributed by atoms with E-state index >= 15 is 0 Å². The fraction of sp³-hybridized carbons (Fsp3) is 0.769. The van der Waals surface area contributed by atoms with Gasteiger partial charge in [0.25, 0.3) is 0 Å². The van der Waals surface area contributed by atoms with Gasteiger partial charge in [0.1, 0.15) is 11.4 Å². The molecule has 0 radical (unpaired) electrons. The lowest BCUT2D eigenvalue weighted by Crippen LogP contribution is -2.33. The number of carbonyl (C=O) groups is 3. The molecule has 110 valence electrons. The summed E-state index contributed by atoms with van der Waals surface area (Å²) in [5.74, 6) is -0.869. The lowest BCUT2D eigenvalue weighted by Gasteiger charge is -2.19. The van der Waals surface area contributed by atoms with Crippen LogP contribution in [0.5, 0.6) is 0 Å². The summed E-state index contributed by atoms with van der Waals surface area (Å²) in [4.78, 5) is 32.9. The Kier molecular flexibility index (Phi) is 7.79. The van der Waals surface area contributed by atoms with E-state index in [1.807, 2.05) is 0 Å². The van der Waals surface area contributed by atoms with Crippen molar-refractivity contribution in [3.8, 4) is 0 Å². The van der Waals surface area contributed by atoms with Crippen molar-refractivity contribution in [2.45, 2.75) is 58.5 Å². The topological polar surface area (TPSA) is 92.7 Å². The van der Waals surface area contributed by atoms with Gasteiger partial charge in [0.2, 0.25) is 0 Å². The predicted molar refractivity (Wildman–Crippen MR) is 70.0 cm³/mol. The van der Waals surface area contributed by atoms with Crippen LogP contribution in [0.15, 0.2) is 0 Å². The normalized spacial score (nSPS) is 10.9. The molecule has 0 rings (SSSR count). The summed E-state index contributed by atoms with van der Waals surface area (Å²) >= 11 is 0. The molecule has 0 heterocycles. The Morgan fingerprint density at radius 2 is 1.63 bits per heavy atom. The molecule has 0 aromatic heterocycles. The van der Waals surface area contributed by atoms with Crippen LogP contribution < -0.4 is 5.32 Å². The SMILES string of the molecule is CC(C)(C)OC(=O)NCCCC(=O)CCCC(=O)O. The summed E-state index contributed by atoms with van der Waals surface area (Å²) in [5.41, 5.74) is -0.531. The Labute approximate surface area is 113 Å². The van der Waals surface area contributed by atoms with Crippen LogP contribution >= 0.6 is 0 Å². The zero-order chi connectivity index (χ0) is 14.9. The molecule has 19 heavy (non-hydrogen) atoms. The second kappa shape index (κ2) is 8.50. The van der Waals surface area contributed by atoms with Crippen LogP contribution in [0.3, 0.4) is 0 Å². The Hall–Kier alpha value is -1.59. The van der Waals surface area contributed by atoms with Crippen molar-refractivity contribution in [1.29, 1.82) is 0 Å². The zero-order valence-electron chi connectivity index (χ0n) is 11.8. The monoisotopic (exact) mass is 273 g/mol. The number of carbonyl (C=O) groups excluding carboxylic acids is 2. The van der Waals surface area contributed by atoms with E-state index in [4.69, 9.17) is 9.84 Å². The molecular formula is C13H23NO5. The predicted octanol–water partition coefficient (Wildman–Crippen LogP) is 2.12. The molecule has 0 unspecified atom stereocenters. The van der Waals surface area contributed by atoms with Gasteiger partial charge < -0.3 is 15.2 Å². The number of ether oxygens (including phenoxy) is 1. The third kappa shape index (κ3) is 12.7. The Morgan fingerprint density at radius 3 is 2.16 bits per heavy atom. The standard InChI is InChI=1S/C13H23NO5/c1-13(2,3)19-12(18)14-9-5-7-10(15)6-4-8-11(16)17/h4-9H2,1-3H3,(H,14,18)(H,16,17). The van der Waals surface area contributed by atoms with Crippen LogP contribution in [0.4, 0.5) is 4.79 Å². The summed E-state index contributed by atoms with van der Waals surface area (Å²) < 4.78 is 5.04. The third-order valence-corrected chi connectivity index (χ3v) is 2.15. The molecule has 2 N–H and O–H groups in total. The van der Waals surface area contributed by atoms with Gasteiger partial charge in [-0.05, 0) is 33.6 Å². The molecule has 6 nitrogen and oxygen atoms in total. The van der Waals surface area contributed by atoms with Crippen molar-refractivity contribution in [3.05, 3.63) is 0 Å². The molecule has 0 aromatic rings. The molecular weight excluding hydrogens is 250 g/mol. The number of carboxylic acid groups (broad SMARTS) is 1. The first kappa shape index (κ1) is 17.4. The average Bonchev–Trinajstić information content (AvgIpc) is 2.21. The van der Waals surface area contributed by atoms with E-state index in [1.165, 1.54) is 0 Å². The molecule has 0 aliphatic carbocycles. The second-order valence-electron chi connectivity index (χ2n) is 5.32. The van der Waals surface area contributed by atoms with E-state index < -0.39 is 17.7 Å². The summed E-state index contributed by atoms with van der Waals surface area (Å²) in [6, 6.07) is 0. The molecule has 6 heteroatoms. The van der Waals surface area contributed by atoms with Gasteiger partial charge in [-0.1, -0.05) is 0 Å². The van der Waals surface area contributed by atoms with E-state index in [0.29, 0.717) is 25.8 Å². The molecule has 0 aromatic carbocycles. The molecule has 0 saturated carbocycles. The van der Waals surface area contributed by atoms with Gasteiger partial charge in [0.05, 0.1) is 0 Å². The average molecular weight is 273 g/mol. The minimum absolute atomic E-state index is 0.0158. The van der Waals surface area contributed by atoms with E-state index in [-0.39, 0.29) is 18.6 Å². The van der Waals surface area contributed by atoms with Crippen molar-refractivity contribution in [2.75, 3.05) is 6.54 Å². The minimum Gasteiger partial charge on any atom is -0.481 e. The van der Waals surface area contributed by atoms with Gasteiger partial charge in [0.15, 0.2) is 0 Å². The molecule has 0 atom stereocenters. The van der Waals surface area contributed by atoms with Crippen LogP contribution in [0.2, 0.25) is 0 Å². The van der Waals surface area contributed by atoms with Crippen LogP contribution in [-0.2, 0) is 14.3 Å². The summed E-state index contributed by atoms with van der Waals surface area (Å²) in [6.45, 7) is 5.70. The van der Waals surface area contributed by atoms with Gasteiger partial charge in [-0.25, -0.2) is 4.79 Å². The van der Waals surface area contributed by atoms with Gasteiger partial charge >= 0.3 is 12.1 Å². The fourth-order valence-corrected chi connectivity index (χ4v) is 1.35. The Balaban J connectivity index is 3.56. The van der Waals surface area contributed by atoms with Gasteiger partial charge in [-0.2, -0.15) is 0 Å². The highest BCUT2D eigenvalue weighted by molar-refractivity contribution is 5.79. The quantitative estimate of drug-likeness (QED) is 0.661. The fourth-order valence-electron chi connectivity index (χ4n) is 1.35. The van der Waals surface area contributed by atoms with Crippen LogP contribution in [0, 0.1) is 0 Å². The largest absolute Gasteiger partial charge is 0.481 e. The van der Waals surface area contributed by atoms with Crippen molar-refractivity contribution < 1.29 is 24.2 Å². The summed E-state index contributed by atoms with van der Waals surface area (Å²) in [7, 11) is 0. The lowest BCUT2D eigenvalue weighted by molar-refractivity contribution is -0.137. The molecule has 0 aliphatic rings. The molecule has 1 amide bonds. The highest BCUT2D eigenvalue weighted by Crippen LogP contribution is 2.06. The summed E-state index contributed by atoms with van der Waals surface area (Å²) in [6.07, 6.45) is 1.04. The number of carboxylic acids is 1. The maximum absolute atomic E-state index is 11.4. The molecule has 0 fully saturated rings. The van der Waals surface area contributed by atoms with Crippen LogP contribution in [-0.4, -0.2) is 35.1 Å². The Morgan fingerprint density at radius 1 is 1.05 bits per heavy atom. The number of nitrogens with one attached hydrogen (secondary N) is 1. The number of amides is 1. The number of aliphatic carboxylic acids is 1. The number of hydrogen-bond acceptors (Lipinski definition) is 4. The smallest absolute Gasteiger partial charge is 0.407 e. The van der Waals surface area contributed by atoms with E-state index in [2.05, 4.69) is 5.32 Å². The maximum atomic E-state index is 11.4. The first-order chi connectivity index (χ1) is 8.70. The second-order valence-corrected chi connectivity index (χ2v) is 5.32. The Bertz CT molecular complexity index is 319. The lowest BCUT2D eigenvalue weighted by atomic mass is 10.1. The molecule has 0 aliphatic heterocycles. The van der Waals surface area contributed by atoms with E-state index in [1.54, 1.807) is 20.8 Å². The van der Waals surface area contributed by atoms with E-state index in [9.17, 15) is 14.4 Å². The number of Topliss-reactive ketones (excluding diaryl/α,β-unsaturated/α-hetero) is 1. The van der Waals surface area contributed by atoms with Crippen molar-refractivity contribution in [3.63, 3.8) is 0 Å². The number of alkyl carbamates (subject to hydrolysis) is 1. The third-order valence-electron chi connectivity index (χ3n) is 2.15. The number of hydrogen-bond donors (Lipinski definition) is 2. The number of rotatable bonds is 8. The summed E-state index contributed by atoms with van der Waals surface area (Å²) in [5, 5.41) is 11.0. The highest BCUT2D eigenvalue weighted by atomic mass is 16.6. The highest BCUT2D eigenvalue weighted by Gasteiger charge is 2.15. The first-order valence-corrected chi connectivity index (χ1v) is 6.41.